The number of carbonyl (C=O) groups excluding carboxylic acids is 2. The van der Waals surface area contributed by atoms with E-state index in [1.165, 1.54) is 0 Å². The highest BCUT2D eigenvalue weighted by molar-refractivity contribution is 5.86. The Morgan fingerprint density at radius 3 is 2.23 bits per heavy atom. The van der Waals surface area contributed by atoms with Crippen LogP contribution in [0.15, 0.2) is 0 Å². The number of rotatable bonds is 8. The fourth-order valence-corrected chi connectivity index (χ4v) is 2.45. The lowest BCUT2D eigenvalue weighted by Crippen LogP contribution is -2.44. The molecule has 1 unspecified atom stereocenters. The molecule has 0 saturated heterocycles. The molecular weight excluding hydrogens is 292 g/mol. The summed E-state index contributed by atoms with van der Waals surface area (Å²) in [4.78, 5) is 44.9. The molecular formula is C14H22N2O6. The minimum atomic E-state index is -1.20. The highest BCUT2D eigenvalue weighted by Gasteiger charge is 2.26. The largest absolute Gasteiger partial charge is 0.480 e. The van der Waals surface area contributed by atoms with Crippen LogP contribution in [0, 0.1) is 5.92 Å². The molecule has 0 aromatic heterocycles. The van der Waals surface area contributed by atoms with Gasteiger partial charge in [-0.1, -0.05) is 19.3 Å². The molecule has 4 N–H and O–H groups in total. The normalized spacial score (nSPS) is 16.5. The van der Waals surface area contributed by atoms with Crippen molar-refractivity contribution in [3.63, 3.8) is 0 Å². The fraction of sp³-hybridized carbons (Fsp3) is 0.714. The maximum absolute atomic E-state index is 12.0. The summed E-state index contributed by atoms with van der Waals surface area (Å²) in [5, 5.41) is 22.2. The Hall–Kier alpha value is -2.12. The van der Waals surface area contributed by atoms with E-state index < -0.39 is 30.4 Å². The van der Waals surface area contributed by atoms with Crippen molar-refractivity contribution in [2.45, 2.75) is 51.0 Å². The van der Waals surface area contributed by atoms with Gasteiger partial charge in [-0.05, 0) is 19.3 Å². The Balaban J connectivity index is 2.41. The zero-order valence-electron chi connectivity index (χ0n) is 12.3. The van der Waals surface area contributed by atoms with Crippen LogP contribution in [0.25, 0.3) is 0 Å². The maximum atomic E-state index is 12.0. The lowest BCUT2D eigenvalue weighted by Gasteiger charge is -2.23. The van der Waals surface area contributed by atoms with E-state index in [0.29, 0.717) is 0 Å². The molecule has 0 aliphatic heterocycles. The molecule has 8 nitrogen and oxygen atoms in total. The van der Waals surface area contributed by atoms with Crippen molar-refractivity contribution in [3.8, 4) is 0 Å². The van der Waals surface area contributed by atoms with Crippen molar-refractivity contribution in [2.24, 2.45) is 5.92 Å². The van der Waals surface area contributed by atoms with Gasteiger partial charge in [0.1, 0.15) is 12.6 Å². The molecule has 0 radical (unpaired) electrons. The van der Waals surface area contributed by atoms with Gasteiger partial charge in [0.15, 0.2) is 0 Å². The highest BCUT2D eigenvalue weighted by atomic mass is 16.4. The molecule has 0 spiro atoms. The summed E-state index contributed by atoms with van der Waals surface area (Å²) >= 11 is 0. The van der Waals surface area contributed by atoms with Gasteiger partial charge in [0.25, 0.3) is 0 Å². The first kappa shape index (κ1) is 17.9. The van der Waals surface area contributed by atoms with Gasteiger partial charge >= 0.3 is 11.9 Å². The lowest BCUT2D eigenvalue weighted by atomic mass is 9.88. The fourth-order valence-electron chi connectivity index (χ4n) is 2.45. The molecule has 0 heterocycles. The quantitative estimate of drug-likeness (QED) is 0.503. The predicted octanol–water partition coefficient (Wildman–Crippen LogP) is 0.117. The first-order valence-electron chi connectivity index (χ1n) is 7.42. The van der Waals surface area contributed by atoms with E-state index in [9.17, 15) is 19.2 Å². The van der Waals surface area contributed by atoms with Crippen molar-refractivity contribution < 1.29 is 29.4 Å². The Morgan fingerprint density at radius 2 is 1.68 bits per heavy atom. The first-order valence-corrected chi connectivity index (χ1v) is 7.42. The van der Waals surface area contributed by atoms with Gasteiger partial charge in [-0.3, -0.25) is 14.4 Å². The van der Waals surface area contributed by atoms with E-state index in [2.05, 4.69) is 10.6 Å². The van der Waals surface area contributed by atoms with Crippen LogP contribution in [-0.4, -0.2) is 46.6 Å². The van der Waals surface area contributed by atoms with Gasteiger partial charge in [0.2, 0.25) is 11.8 Å². The van der Waals surface area contributed by atoms with Crippen LogP contribution in [0.1, 0.15) is 44.9 Å². The SMILES string of the molecule is O=C(O)CNC(=O)CCC(NC(=O)C1CCCCC1)C(=O)O. The summed E-state index contributed by atoms with van der Waals surface area (Å²) in [5.74, 6) is -3.36. The van der Waals surface area contributed by atoms with E-state index in [1.54, 1.807) is 0 Å². The van der Waals surface area contributed by atoms with Crippen molar-refractivity contribution in [3.05, 3.63) is 0 Å². The number of aliphatic carboxylic acids is 2. The number of hydrogen-bond acceptors (Lipinski definition) is 4. The number of amides is 2. The second-order valence-electron chi connectivity index (χ2n) is 5.44. The van der Waals surface area contributed by atoms with Crippen molar-refractivity contribution in [1.29, 1.82) is 0 Å². The zero-order chi connectivity index (χ0) is 16.5. The van der Waals surface area contributed by atoms with Crippen molar-refractivity contribution in [2.75, 3.05) is 6.54 Å². The van der Waals surface area contributed by atoms with Crippen LogP contribution >= 0.6 is 0 Å². The monoisotopic (exact) mass is 314 g/mol. The van der Waals surface area contributed by atoms with Gasteiger partial charge in [0.05, 0.1) is 0 Å². The minimum absolute atomic E-state index is 0.0702. The zero-order valence-corrected chi connectivity index (χ0v) is 12.3. The Labute approximate surface area is 128 Å². The second-order valence-corrected chi connectivity index (χ2v) is 5.44. The van der Waals surface area contributed by atoms with Crippen LogP contribution in [0.2, 0.25) is 0 Å². The summed E-state index contributed by atoms with van der Waals surface area (Å²) in [6.07, 6.45) is 4.32. The average molecular weight is 314 g/mol. The second kappa shape index (κ2) is 9.01. The maximum Gasteiger partial charge on any atom is 0.326 e. The summed E-state index contributed by atoms with van der Waals surface area (Å²) < 4.78 is 0. The van der Waals surface area contributed by atoms with E-state index in [-0.39, 0.29) is 24.7 Å². The molecule has 0 aromatic rings. The molecule has 124 valence electrons. The van der Waals surface area contributed by atoms with Crippen molar-refractivity contribution >= 4 is 23.8 Å². The third kappa shape index (κ3) is 6.55. The standard InChI is InChI=1S/C14H22N2O6/c17-11(15-8-12(18)19)7-6-10(14(21)22)16-13(20)9-4-2-1-3-5-9/h9-10H,1-8H2,(H,15,17)(H,16,20)(H,18,19)(H,21,22). The van der Waals surface area contributed by atoms with Gasteiger partial charge < -0.3 is 20.8 Å². The van der Waals surface area contributed by atoms with Crippen LogP contribution in [0.4, 0.5) is 0 Å². The molecule has 1 saturated carbocycles. The highest BCUT2D eigenvalue weighted by Crippen LogP contribution is 2.23. The molecule has 2 amide bonds. The Bertz CT molecular complexity index is 431. The summed E-state index contributed by atoms with van der Waals surface area (Å²) in [6.45, 7) is -0.509. The minimum Gasteiger partial charge on any atom is -0.480 e. The van der Waals surface area contributed by atoms with Gasteiger partial charge in [-0.25, -0.2) is 4.79 Å². The topological polar surface area (TPSA) is 133 Å². The average Bonchev–Trinajstić information content (AvgIpc) is 2.49. The van der Waals surface area contributed by atoms with Crippen molar-refractivity contribution in [1.82, 2.24) is 10.6 Å². The van der Waals surface area contributed by atoms with Gasteiger partial charge in [0, 0.05) is 12.3 Å². The van der Waals surface area contributed by atoms with E-state index >= 15 is 0 Å². The van der Waals surface area contributed by atoms with E-state index in [1.807, 2.05) is 0 Å². The third-order valence-corrected chi connectivity index (χ3v) is 3.69. The van der Waals surface area contributed by atoms with Crippen LogP contribution in [0.3, 0.4) is 0 Å². The van der Waals surface area contributed by atoms with Gasteiger partial charge in [-0.15, -0.1) is 0 Å². The van der Waals surface area contributed by atoms with Crippen LogP contribution < -0.4 is 10.6 Å². The Kier molecular flexibility index (Phi) is 7.34. The summed E-state index contributed by atoms with van der Waals surface area (Å²) in [7, 11) is 0. The molecule has 1 aliphatic rings. The summed E-state index contributed by atoms with van der Waals surface area (Å²) in [5.41, 5.74) is 0. The molecule has 22 heavy (non-hydrogen) atoms. The number of carboxylic acids is 2. The van der Waals surface area contributed by atoms with Gasteiger partial charge in [-0.2, -0.15) is 0 Å². The Morgan fingerprint density at radius 1 is 1.05 bits per heavy atom. The molecule has 0 bridgehead atoms. The predicted molar refractivity (Wildman–Crippen MR) is 76.0 cm³/mol. The van der Waals surface area contributed by atoms with Crippen LogP contribution in [-0.2, 0) is 19.2 Å². The number of carboxylic acid groups (broad SMARTS) is 2. The summed E-state index contributed by atoms with van der Waals surface area (Å²) in [6, 6.07) is -1.13. The number of nitrogens with one attached hydrogen (secondary N) is 2. The number of carbonyl (C=O) groups is 4. The van der Waals surface area contributed by atoms with Crippen LogP contribution in [0.5, 0.6) is 0 Å². The molecule has 1 atom stereocenters. The van der Waals surface area contributed by atoms with E-state index in [4.69, 9.17) is 10.2 Å². The first-order chi connectivity index (χ1) is 10.4. The third-order valence-electron chi connectivity index (χ3n) is 3.69. The molecule has 1 aliphatic carbocycles. The molecule has 1 rings (SSSR count). The smallest absolute Gasteiger partial charge is 0.326 e. The molecule has 0 aromatic carbocycles. The van der Waals surface area contributed by atoms with E-state index in [0.717, 1.165) is 32.1 Å². The molecule has 1 fully saturated rings. The number of hydrogen-bond donors (Lipinski definition) is 4. The lowest BCUT2D eigenvalue weighted by molar-refractivity contribution is -0.143. The molecule has 8 heteroatoms.